The van der Waals surface area contributed by atoms with E-state index in [1.54, 1.807) is 0 Å². The molecule has 0 unspecified atom stereocenters. The SMILES string of the molecule is C.CCc1ccccc1OP(=O)(C(C)(C)C)C(C)(C)C. The van der Waals surface area contributed by atoms with Crippen molar-refractivity contribution < 1.29 is 9.09 Å². The fraction of sp³-hybridized carbons (Fsp3) is 0.647. The molecule has 3 heteroatoms. The molecular weight excluding hydrogens is 267 g/mol. The number of para-hydroxylation sites is 1. The molecule has 0 atom stereocenters. The molecule has 0 aromatic heterocycles. The Morgan fingerprint density at radius 2 is 1.45 bits per heavy atom. The van der Waals surface area contributed by atoms with Crippen LogP contribution in [0.4, 0.5) is 0 Å². The Bertz CT molecular complexity index is 460. The minimum Gasteiger partial charge on any atom is -0.442 e. The van der Waals surface area contributed by atoms with Gasteiger partial charge in [0.2, 0.25) is 0 Å². The zero-order chi connectivity index (χ0) is 14.9. The van der Waals surface area contributed by atoms with E-state index in [1.165, 1.54) is 0 Å². The van der Waals surface area contributed by atoms with Crippen molar-refractivity contribution in [2.24, 2.45) is 0 Å². The Kier molecular flexibility index (Phi) is 6.11. The molecule has 0 saturated heterocycles. The van der Waals surface area contributed by atoms with Crippen molar-refractivity contribution in [3.05, 3.63) is 29.8 Å². The molecule has 0 fully saturated rings. The lowest BCUT2D eigenvalue weighted by molar-refractivity contribution is 0.416. The minimum absolute atomic E-state index is 0. The first-order chi connectivity index (χ1) is 8.53. The van der Waals surface area contributed by atoms with E-state index in [0.29, 0.717) is 0 Å². The molecule has 0 spiro atoms. The standard InChI is InChI=1S/C16H27O2P.CH4/c1-8-13-11-9-10-12-14(13)18-19(17,15(2,3)4)16(5,6)7;/h9-12H,8H2,1-7H3;1H4. The molecule has 0 aliphatic carbocycles. The van der Waals surface area contributed by atoms with E-state index in [0.717, 1.165) is 17.7 Å². The van der Waals surface area contributed by atoms with Gasteiger partial charge >= 0.3 is 0 Å². The largest absolute Gasteiger partial charge is 0.442 e. The molecule has 1 aromatic rings. The molecule has 0 bridgehead atoms. The van der Waals surface area contributed by atoms with Crippen LogP contribution in [-0.4, -0.2) is 10.3 Å². The fourth-order valence-electron chi connectivity index (χ4n) is 2.30. The molecule has 0 radical (unpaired) electrons. The quantitative estimate of drug-likeness (QED) is 0.626. The molecule has 0 amide bonds. The molecule has 2 nitrogen and oxygen atoms in total. The Labute approximate surface area is 125 Å². The Balaban J connectivity index is 0.00000361. The lowest BCUT2D eigenvalue weighted by atomic mass is 10.1. The molecule has 1 rings (SSSR count). The normalized spacial score (nSPS) is 12.8. The number of rotatable bonds is 3. The summed E-state index contributed by atoms with van der Waals surface area (Å²) in [6, 6.07) is 7.88. The zero-order valence-corrected chi connectivity index (χ0v) is 14.2. The van der Waals surface area contributed by atoms with Gasteiger partial charge in [-0.1, -0.05) is 74.1 Å². The topological polar surface area (TPSA) is 26.3 Å². The van der Waals surface area contributed by atoms with Gasteiger partial charge in [0.1, 0.15) is 5.75 Å². The highest BCUT2D eigenvalue weighted by Gasteiger charge is 2.49. The second kappa shape index (κ2) is 6.35. The molecular formula is C17H31O2P. The van der Waals surface area contributed by atoms with Crippen molar-refractivity contribution >= 4 is 7.37 Å². The highest BCUT2D eigenvalue weighted by molar-refractivity contribution is 7.62. The van der Waals surface area contributed by atoms with Crippen LogP contribution in [0.15, 0.2) is 24.3 Å². The molecule has 0 aliphatic rings. The van der Waals surface area contributed by atoms with Crippen molar-refractivity contribution in [2.75, 3.05) is 0 Å². The van der Waals surface area contributed by atoms with Gasteiger partial charge in [-0.05, 0) is 18.1 Å². The average molecular weight is 298 g/mol. The lowest BCUT2D eigenvalue weighted by Crippen LogP contribution is -2.31. The van der Waals surface area contributed by atoms with Gasteiger partial charge in [-0.25, -0.2) is 0 Å². The maximum Gasteiger partial charge on any atom is 0.258 e. The van der Waals surface area contributed by atoms with Crippen LogP contribution in [-0.2, 0) is 11.0 Å². The van der Waals surface area contributed by atoms with Crippen molar-refractivity contribution in [3.8, 4) is 5.75 Å². The van der Waals surface area contributed by atoms with Crippen LogP contribution in [0.5, 0.6) is 5.75 Å². The molecule has 0 heterocycles. The lowest BCUT2D eigenvalue weighted by Gasteiger charge is -2.40. The number of hydrogen-bond donors (Lipinski definition) is 0. The van der Waals surface area contributed by atoms with Crippen LogP contribution in [0.3, 0.4) is 0 Å². The summed E-state index contributed by atoms with van der Waals surface area (Å²) in [5, 5.41) is -0.766. The molecule has 116 valence electrons. The van der Waals surface area contributed by atoms with Crippen molar-refractivity contribution in [3.63, 3.8) is 0 Å². The van der Waals surface area contributed by atoms with E-state index < -0.39 is 7.37 Å². The first kappa shape index (κ1) is 19.2. The van der Waals surface area contributed by atoms with Crippen LogP contribution < -0.4 is 4.52 Å². The Hall–Kier alpha value is -0.750. The second-order valence-corrected chi connectivity index (χ2v) is 10.9. The third-order valence-corrected chi connectivity index (χ3v) is 7.33. The average Bonchev–Trinajstić information content (AvgIpc) is 2.26. The van der Waals surface area contributed by atoms with Crippen LogP contribution >= 0.6 is 7.37 Å². The summed E-state index contributed by atoms with van der Waals surface area (Å²) in [5.74, 6) is 0.762. The van der Waals surface area contributed by atoms with Gasteiger partial charge in [0.15, 0.2) is 0 Å². The maximum absolute atomic E-state index is 13.5. The van der Waals surface area contributed by atoms with E-state index in [1.807, 2.05) is 65.8 Å². The molecule has 0 saturated carbocycles. The summed E-state index contributed by atoms with van der Waals surface area (Å²) in [7, 11) is -2.85. The van der Waals surface area contributed by atoms with E-state index in [9.17, 15) is 4.57 Å². The van der Waals surface area contributed by atoms with E-state index in [-0.39, 0.29) is 17.7 Å². The predicted molar refractivity (Wildman–Crippen MR) is 90.3 cm³/mol. The molecule has 0 N–H and O–H groups in total. The van der Waals surface area contributed by atoms with E-state index in [4.69, 9.17) is 4.52 Å². The van der Waals surface area contributed by atoms with Gasteiger partial charge in [0.05, 0.1) is 0 Å². The summed E-state index contributed by atoms with van der Waals surface area (Å²) in [6.45, 7) is 14.0. The van der Waals surface area contributed by atoms with E-state index >= 15 is 0 Å². The fourth-order valence-corrected chi connectivity index (χ4v) is 5.32. The summed E-state index contributed by atoms with van der Waals surface area (Å²) in [6.07, 6.45) is 0.879. The van der Waals surface area contributed by atoms with Crippen LogP contribution in [0.1, 0.15) is 61.5 Å². The van der Waals surface area contributed by atoms with Crippen molar-refractivity contribution in [2.45, 2.75) is 72.6 Å². The third kappa shape index (κ3) is 3.67. The second-order valence-electron chi connectivity index (χ2n) is 6.95. The van der Waals surface area contributed by atoms with Crippen LogP contribution in [0.25, 0.3) is 0 Å². The maximum atomic E-state index is 13.5. The summed E-state index contributed by atoms with van der Waals surface area (Å²) >= 11 is 0. The highest BCUT2D eigenvalue weighted by atomic mass is 31.2. The van der Waals surface area contributed by atoms with Crippen LogP contribution in [0, 0.1) is 0 Å². The number of hydrogen-bond acceptors (Lipinski definition) is 2. The zero-order valence-electron chi connectivity index (χ0n) is 13.3. The van der Waals surface area contributed by atoms with Crippen molar-refractivity contribution in [1.29, 1.82) is 0 Å². The molecule has 0 aliphatic heterocycles. The first-order valence-electron chi connectivity index (χ1n) is 6.90. The summed E-state index contributed by atoms with van der Waals surface area (Å²) in [5.41, 5.74) is 1.11. The molecule has 1 aromatic carbocycles. The Morgan fingerprint density at radius 3 is 1.85 bits per heavy atom. The van der Waals surface area contributed by atoms with Gasteiger partial charge in [0, 0.05) is 10.3 Å². The Morgan fingerprint density at radius 1 is 1.00 bits per heavy atom. The van der Waals surface area contributed by atoms with Gasteiger partial charge in [-0.15, -0.1) is 0 Å². The predicted octanol–water partition coefficient (Wildman–Crippen LogP) is 6.14. The van der Waals surface area contributed by atoms with Crippen LogP contribution in [0.2, 0.25) is 0 Å². The minimum atomic E-state index is -2.85. The summed E-state index contributed by atoms with van der Waals surface area (Å²) in [4.78, 5) is 0. The van der Waals surface area contributed by atoms with E-state index in [2.05, 4.69) is 6.92 Å². The molecule has 20 heavy (non-hydrogen) atoms. The summed E-state index contributed by atoms with van der Waals surface area (Å²) < 4.78 is 19.6. The monoisotopic (exact) mass is 298 g/mol. The first-order valence-corrected chi connectivity index (χ1v) is 8.53. The van der Waals surface area contributed by atoms with Gasteiger partial charge in [-0.2, -0.15) is 0 Å². The highest BCUT2D eigenvalue weighted by Crippen LogP contribution is 2.67. The van der Waals surface area contributed by atoms with Crippen molar-refractivity contribution in [1.82, 2.24) is 0 Å². The number of aryl methyl sites for hydroxylation is 1. The smallest absolute Gasteiger partial charge is 0.258 e. The van der Waals surface area contributed by atoms with Gasteiger partial charge < -0.3 is 4.52 Å². The third-order valence-electron chi connectivity index (χ3n) is 3.35. The van der Waals surface area contributed by atoms with Gasteiger partial charge in [-0.3, -0.25) is 4.57 Å². The number of benzene rings is 1. The van der Waals surface area contributed by atoms with Gasteiger partial charge in [0.25, 0.3) is 7.37 Å².